The molecular weight excluding hydrogens is 245 g/mol. The predicted molar refractivity (Wildman–Crippen MR) is 59.9 cm³/mol. The molecule has 1 N–H and O–H groups in total. The van der Waals surface area contributed by atoms with E-state index in [2.05, 4.69) is 15.3 Å². The zero-order chi connectivity index (χ0) is 13.2. The summed E-state index contributed by atoms with van der Waals surface area (Å²) >= 11 is 0. The van der Waals surface area contributed by atoms with E-state index < -0.39 is 11.9 Å². The molecule has 0 spiro atoms. The summed E-state index contributed by atoms with van der Waals surface area (Å²) in [6, 6.07) is 0.973. The Bertz CT molecular complexity index is 413. The average Bonchev–Trinajstić information content (AvgIpc) is 2.28. The summed E-state index contributed by atoms with van der Waals surface area (Å²) in [6.07, 6.45) is -4.41. The van der Waals surface area contributed by atoms with Crippen molar-refractivity contribution in [3.63, 3.8) is 0 Å². The quantitative estimate of drug-likeness (QED) is 0.867. The highest BCUT2D eigenvalue weighted by Gasteiger charge is 2.33. The van der Waals surface area contributed by atoms with E-state index in [4.69, 9.17) is 0 Å². The molecule has 0 atom stereocenters. The second kappa shape index (κ2) is 5.19. The summed E-state index contributed by atoms with van der Waals surface area (Å²) in [5.41, 5.74) is -0.511. The second-order valence-corrected chi connectivity index (χ2v) is 4.33. The van der Waals surface area contributed by atoms with Gasteiger partial charge < -0.3 is 5.32 Å². The molecule has 1 saturated heterocycles. The first kappa shape index (κ1) is 13.2. The van der Waals surface area contributed by atoms with Crippen LogP contribution in [-0.2, 0) is 12.7 Å². The Labute approximate surface area is 103 Å². The molecule has 0 unspecified atom stereocenters. The predicted octanol–water partition coefficient (Wildman–Crippen LogP) is 1.21. The molecule has 1 aromatic rings. The Balaban J connectivity index is 2.14. The van der Waals surface area contributed by atoms with Crippen LogP contribution in [0.15, 0.2) is 6.07 Å². The van der Waals surface area contributed by atoms with E-state index in [0.717, 1.165) is 32.2 Å². The van der Waals surface area contributed by atoms with Gasteiger partial charge in [0.1, 0.15) is 11.5 Å². The van der Waals surface area contributed by atoms with Gasteiger partial charge in [-0.25, -0.2) is 9.97 Å². The van der Waals surface area contributed by atoms with Gasteiger partial charge in [-0.05, 0) is 13.0 Å². The fourth-order valence-corrected chi connectivity index (χ4v) is 1.92. The third-order valence-corrected chi connectivity index (χ3v) is 2.77. The molecule has 1 fully saturated rings. The summed E-state index contributed by atoms with van der Waals surface area (Å²) in [5.74, 6) is 0.240. The Hall–Kier alpha value is -1.21. The molecular formula is C11H15F3N4. The maximum atomic E-state index is 12.6. The number of hydrogen-bond donors (Lipinski definition) is 1. The highest BCUT2D eigenvalue weighted by molar-refractivity contribution is 5.13. The van der Waals surface area contributed by atoms with Gasteiger partial charge in [0.2, 0.25) is 0 Å². The van der Waals surface area contributed by atoms with Gasteiger partial charge in [-0.15, -0.1) is 0 Å². The van der Waals surface area contributed by atoms with E-state index in [-0.39, 0.29) is 5.82 Å². The van der Waals surface area contributed by atoms with Crippen molar-refractivity contribution in [1.29, 1.82) is 0 Å². The molecule has 0 amide bonds. The molecule has 0 bridgehead atoms. The van der Waals surface area contributed by atoms with Gasteiger partial charge in [-0.3, -0.25) is 4.90 Å². The minimum Gasteiger partial charge on any atom is -0.314 e. The van der Waals surface area contributed by atoms with Crippen LogP contribution in [0, 0.1) is 6.92 Å². The van der Waals surface area contributed by atoms with E-state index in [1.807, 2.05) is 4.90 Å². The highest BCUT2D eigenvalue weighted by Crippen LogP contribution is 2.27. The van der Waals surface area contributed by atoms with Crippen molar-refractivity contribution in [1.82, 2.24) is 20.2 Å². The van der Waals surface area contributed by atoms with Crippen molar-refractivity contribution >= 4 is 0 Å². The number of aryl methyl sites for hydroxylation is 1. The number of rotatable bonds is 2. The maximum absolute atomic E-state index is 12.6. The van der Waals surface area contributed by atoms with Crippen LogP contribution in [0.4, 0.5) is 13.2 Å². The first-order valence-electron chi connectivity index (χ1n) is 5.80. The third-order valence-electron chi connectivity index (χ3n) is 2.77. The lowest BCUT2D eigenvalue weighted by atomic mass is 10.3. The molecule has 18 heavy (non-hydrogen) atoms. The number of hydrogen-bond acceptors (Lipinski definition) is 4. The highest BCUT2D eigenvalue weighted by atomic mass is 19.4. The summed E-state index contributed by atoms with van der Waals surface area (Å²) in [6.45, 7) is 5.22. The van der Waals surface area contributed by atoms with Gasteiger partial charge in [0.25, 0.3) is 0 Å². The zero-order valence-corrected chi connectivity index (χ0v) is 10.1. The molecule has 2 rings (SSSR count). The van der Waals surface area contributed by atoms with Gasteiger partial charge in [0, 0.05) is 31.9 Å². The summed E-state index contributed by atoms with van der Waals surface area (Å²) in [5, 5.41) is 3.19. The van der Waals surface area contributed by atoms with Gasteiger partial charge in [0.15, 0.2) is 0 Å². The molecule has 0 aromatic carbocycles. The number of halogens is 3. The molecule has 0 aliphatic carbocycles. The molecule has 7 heteroatoms. The Morgan fingerprint density at radius 2 is 1.94 bits per heavy atom. The lowest BCUT2D eigenvalue weighted by Crippen LogP contribution is -2.43. The van der Waals surface area contributed by atoms with Crippen molar-refractivity contribution < 1.29 is 13.2 Å². The van der Waals surface area contributed by atoms with Crippen molar-refractivity contribution in [3.8, 4) is 0 Å². The lowest BCUT2D eigenvalue weighted by Gasteiger charge is -2.26. The van der Waals surface area contributed by atoms with Crippen LogP contribution in [-0.4, -0.2) is 41.0 Å². The van der Waals surface area contributed by atoms with E-state index >= 15 is 0 Å². The molecule has 0 saturated carbocycles. The summed E-state index contributed by atoms with van der Waals surface area (Å²) in [7, 11) is 0. The van der Waals surface area contributed by atoms with Crippen LogP contribution in [0.2, 0.25) is 0 Å². The van der Waals surface area contributed by atoms with Crippen molar-refractivity contribution in [2.75, 3.05) is 26.2 Å². The van der Waals surface area contributed by atoms with Gasteiger partial charge in [-0.1, -0.05) is 0 Å². The normalized spacial score (nSPS) is 18.0. The topological polar surface area (TPSA) is 41.1 Å². The second-order valence-electron chi connectivity index (χ2n) is 4.33. The Morgan fingerprint density at radius 3 is 2.56 bits per heavy atom. The van der Waals surface area contributed by atoms with E-state index in [1.54, 1.807) is 6.92 Å². The Kier molecular flexibility index (Phi) is 3.82. The lowest BCUT2D eigenvalue weighted by molar-refractivity contribution is -0.141. The SMILES string of the molecule is Cc1cc(C(F)(F)F)nc(CN2CCNCC2)n1. The summed E-state index contributed by atoms with van der Waals surface area (Å²) in [4.78, 5) is 9.72. The minimum absolute atomic E-state index is 0.240. The van der Waals surface area contributed by atoms with Crippen molar-refractivity contribution in [3.05, 3.63) is 23.3 Å². The molecule has 1 aliphatic rings. The van der Waals surface area contributed by atoms with E-state index in [0.29, 0.717) is 12.2 Å². The average molecular weight is 260 g/mol. The van der Waals surface area contributed by atoms with Crippen LogP contribution >= 0.6 is 0 Å². The minimum atomic E-state index is -4.41. The zero-order valence-electron chi connectivity index (χ0n) is 10.1. The fraction of sp³-hybridized carbons (Fsp3) is 0.636. The standard InChI is InChI=1S/C11H15F3N4/c1-8-6-9(11(12,13)14)17-10(16-8)7-18-4-2-15-3-5-18/h6,15H,2-5,7H2,1H3. The summed E-state index contributed by atoms with van der Waals surface area (Å²) < 4.78 is 37.8. The smallest absolute Gasteiger partial charge is 0.314 e. The largest absolute Gasteiger partial charge is 0.433 e. The molecule has 100 valence electrons. The number of aromatic nitrogens is 2. The number of nitrogens with one attached hydrogen (secondary N) is 1. The first-order valence-corrected chi connectivity index (χ1v) is 5.80. The molecule has 1 aliphatic heterocycles. The van der Waals surface area contributed by atoms with Crippen LogP contribution in [0.3, 0.4) is 0 Å². The number of piperazine rings is 1. The number of alkyl halides is 3. The van der Waals surface area contributed by atoms with Gasteiger partial charge >= 0.3 is 6.18 Å². The van der Waals surface area contributed by atoms with Crippen molar-refractivity contribution in [2.45, 2.75) is 19.6 Å². The van der Waals surface area contributed by atoms with Gasteiger partial charge in [0.05, 0.1) is 6.54 Å². The Morgan fingerprint density at radius 1 is 1.28 bits per heavy atom. The fourth-order valence-electron chi connectivity index (χ4n) is 1.92. The van der Waals surface area contributed by atoms with Crippen LogP contribution in [0.5, 0.6) is 0 Å². The van der Waals surface area contributed by atoms with Crippen LogP contribution in [0.1, 0.15) is 17.2 Å². The van der Waals surface area contributed by atoms with Crippen molar-refractivity contribution in [2.24, 2.45) is 0 Å². The van der Waals surface area contributed by atoms with Crippen LogP contribution in [0.25, 0.3) is 0 Å². The number of nitrogens with zero attached hydrogens (tertiary/aromatic N) is 3. The maximum Gasteiger partial charge on any atom is 0.433 e. The van der Waals surface area contributed by atoms with E-state index in [1.165, 1.54) is 0 Å². The van der Waals surface area contributed by atoms with E-state index in [9.17, 15) is 13.2 Å². The third kappa shape index (κ3) is 3.39. The van der Waals surface area contributed by atoms with Gasteiger partial charge in [-0.2, -0.15) is 13.2 Å². The first-order chi connectivity index (χ1) is 8.45. The molecule has 4 nitrogen and oxygen atoms in total. The monoisotopic (exact) mass is 260 g/mol. The molecule has 1 aromatic heterocycles. The van der Waals surface area contributed by atoms with Crippen LogP contribution < -0.4 is 5.32 Å². The molecule has 0 radical (unpaired) electrons. The molecule has 2 heterocycles.